The largest absolute Gasteiger partial charge is 0.467 e. The van der Waals surface area contributed by atoms with Crippen LogP contribution in [0, 0.1) is 0 Å². The number of methoxy groups -OCH3 is 2. The average molecular weight is 239 g/mol. The van der Waals surface area contributed by atoms with Crippen LogP contribution in [-0.2, 0) is 0 Å². The second-order valence-corrected chi connectivity index (χ2v) is 3.90. The zero-order valence-corrected chi connectivity index (χ0v) is 10.4. The van der Waals surface area contributed by atoms with E-state index < -0.39 is 0 Å². The predicted molar refractivity (Wildman–Crippen MR) is 62.6 cm³/mol. The van der Waals surface area contributed by atoms with Gasteiger partial charge in [-0.2, -0.15) is 9.97 Å². The van der Waals surface area contributed by atoms with Crippen molar-refractivity contribution >= 4 is 5.95 Å². The van der Waals surface area contributed by atoms with Crippen molar-refractivity contribution in [3.05, 3.63) is 0 Å². The molecule has 0 amide bonds. The van der Waals surface area contributed by atoms with Gasteiger partial charge in [-0.25, -0.2) is 0 Å². The third-order valence-corrected chi connectivity index (χ3v) is 2.73. The minimum atomic E-state index is 0.283. The number of ether oxygens (including phenoxy) is 2. The van der Waals surface area contributed by atoms with Gasteiger partial charge in [-0.15, -0.1) is 4.98 Å². The summed E-state index contributed by atoms with van der Waals surface area (Å²) in [6.07, 6.45) is 0. The smallest absolute Gasteiger partial charge is 0.324 e. The van der Waals surface area contributed by atoms with Crippen molar-refractivity contribution in [2.24, 2.45) is 0 Å². The number of likely N-dealkylation sites (N-methyl/N-ethyl adjacent to an activating group) is 1. The lowest BCUT2D eigenvalue weighted by Gasteiger charge is -2.32. The molecule has 94 valence electrons. The first kappa shape index (κ1) is 11.8. The van der Waals surface area contributed by atoms with Gasteiger partial charge < -0.3 is 19.3 Å². The van der Waals surface area contributed by atoms with Gasteiger partial charge in [0.15, 0.2) is 0 Å². The van der Waals surface area contributed by atoms with E-state index in [1.165, 1.54) is 14.2 Å². The van der Waals surface area contributed by atoms with Crippen LogP contribution in [0.3, 0.4) is 0 Å². The Balaban J connectivity index is 2.19. The van der Waals surface area contributed by atoms with E-state index in [1.807, 2.05) is 0 Å². The molecule has 0 aromatic carbocycles. The molecular weight excluding hydrogens is 222 g/mol. The van der Waals surface area contributed by atoms with Crippen molar-refractivity contribution in [2.45, 2.75) is 0 Å². The fourth-order valence-corrected chi connectivity index (χ4v) is 1.66. The first-order valence-electron chi connectivity index (χ1n) is 5.50. The fourth-order valence-electron chi connectivity index (χ4n) is 1.66. The Labute approximate surface area is 100 Å². The fraction of sp³-hybridized carbons (Fsp3) is 0.700. The van der Waals surface area contributed by atoms with Crippen LogP contribution in [0.4, 0.5) is 5.95 Å². The zero-order valence-electron chi connectivity index (χ0n) is 10.4. The summed E-state index contributed by atoms with van der Waals surface area (Å²) >= 11 is 0. The Morgan fingerprint density at radius 3 is 1.88 bits per heavy atom. The number of aromatic nitrogens is 3. The van der Waals surface area contributed by atoms with Gasteiger partial charge in [0.25, 0.3) is 0 Å². The maximum atomic E-state index is 5.03. The highest BCUT2D eigenvalue weighted by atomic mass is 16.5. The molecule has 0 atom stereocenters. The van der Waals surface area contributed by atoms with Gasteiger partial charge in [0.2, 0.25) is 5.95 Å². The Morgan fingerprint density at radius 1 is 0.882 bits per heavy atom. The molecule has 1 aromatic rings. The minimum Gasteiger partial charge on any atom is -0.467 e. The van der Waals surface area contributed by atoms with E-state index in [-0.39, 0.29) is 12.0 Å². The van der Waals surface area contributed by atoms with Gasteiger partial charge in [0.1, 0.15) is 0 Å². The zero-order chi connectivity index (χ0) is 12.3. The molecule has 1 fully saturated rings. The van der Waals surface area contributed by atoms with Crippen LogP contribution in [0.15, 0.2) is 0 Å². The average Bonchev–Trinajstić information content (AvgIpc) is 2.39. The lowest BCUT2D eigenvalue weighted by Crippen LogP contribution is -2.45. The van der Waals surface area contributed by atoms with Crippen LogP contribution in [-0.4, -0.2) is 67.3 Å². The van der Waals surface area contributed by atoms with Crippen molar-refractivity contribution in [1.29, 1.82) is 0 Å². The lowest BCUT2D eigenvalue weighted by molar-refractivity contribution is 0.306. The van der Waals surface area contributed by atoms with Gasteiger partial charge in [-0.05, 0) is 7.05 Å². The van der Waals surface area contributed by atoms with Crippen LogP contribution >= 0.6 is 0 Å². The van der Waals surface area contributed by atoms with Crippen LogP contribution in [0.25, 0.3) is 0 Å². The van der Waals surface area contributed by atoms with E-state index in [4.69, 9.17) is 9.47 Å². The molecule has 2 rings (SSSR count). The summed E-state index contributed by atoms with van der Waals surface area (Å²) < 4.78 is 10.1. The maximum absolute atomic E-state index is 5.03. The third-order valence-electron chi connectivity index (χ3n) is 2.73. The second kappa shape index (κ2) is 5.13. The Kier molecular flexibility index (Phi) is 3.58. The molecule has 1 aromatic heterocycles. The summed E-state index contributed by atoms with van der Waals surface area (Å²) in [4.78, 5) is 16.8. The van der Waals surface area contributed by atoms with E-state index in [0.717, 1.165) is 26.2 Å². The predicted octanol–water partition coefficient (Wildman–Crippen LogP) is -0.359. The van der Waals surface area contributed by atoms with Crippen LogP contribution in [0.1, 0.15) is 0 Å². The van der Waals surface area contributed by atoms with Gasteiger partial charge in [-0.3, -0.25) is 0 Å². The Morgan fingerprint density at radius 2 is 1.41 bits per heavy atom. The lowest BCUT2D eigenvalue weighted by atomic mass is 10.3. The molecule has 1 saturated heterocycles. The monoisotopic (exact) mass is 239 g/mol. The quantitative estimate of drug-likeness (QED) is 0.713. The molecule has 0 N–H and O–H groups in total. The number of anilines is 1. The minimum absolute atomic E-state index is 0.283. The van der Waals surface area contributed by atoms with E-state index >= 15 is 0 Å². The molecule has 7 nitrogen and oxygen atoms in total. The normalized spacial score (nSPS) is 17.0. The standard InChI is InChI=1S/C10H17N5O2/c1-14-4-6-15(7-5-14)8-11-9(16-2)13-10(12-8)17-3/h4-7H2,1-3H3. The topological polar surface area (TPSA) is 63.6 Å². The first-order valence-corrected chi connectivity index (χ1v) is 5.50. The molecule has 0 bridgehead atoms. The van der Waals surface area contributed by atoms with Crippen LogP contribution in [0.5, 0.6) is 12.0 Å². The highest BCUT2D eigenvalue weighted by molar-refractivity contribution is 5.32. The molecular formula is C10H17N5O2. The Bertz CT molecular complexity index is 357. The Hall–Kier alpha value is -1.63. The van der Waals surface area contributed by atoms with Crippen molar-refractivity contribution in [3.63, 3.8) is 0 Å². The summed E-state index contributed by atoms with van der Waals surface area (Å²) in [6.45, 7) is 3.78. The van der Waals surface area contributed by atoms with Crippen molar-refractivity contribution < 1.29 is 9.47 Å². The molecule has 0 saturated carbocycles. The summed E-state index contributed by atoms with van der Waals surface area (Å²) in [6, 6.07) is 0.566. The van der Waals surface area contributed by atoms with Crippen molar-refractivity contribution in [2.75, 3.05) is 52.3 Å². The van der Waals surface area contributed by atoms with Crippen LogP contribution < -0.4 is 14.4 Å². The number of hydrogen-bond acceptors (Lipinski definition) is 7. The van der Waals surface area contributed by atoms with Gasteiger partial charge in [0.05, 0.1) is 14.2 Å². The third kappa shape index (κ3) is 2.73. The molecule has 17 heavy (non-hydrogen) atoms. The van der Waals surface area contributed by atoms with Crippen molar-refractivity contribution in [1.82, 2.24) is 19.9 Å². The molecule has 1 aliphatic rings. The molecule has 0 unspecified atom stereocenters. The molecule has 1 aliphatic heterocycles. The van der Waals surface area contributed by atoms with E-state index in [2.05, 4.69) is 31.8 Å². The number of rotatable bonds is 3. The van der Waals surface area contributed by atoms with Gasteiger partial charge in [-0.1, -0.05) is 0 Å². The second-order valence-electron chi connectivity index (χ2n) is 3.90. The van der Waals surface area contributed by atoms with E-state index in [1.54, 1.807) is 0 Å². The van der Waals surface area contributed by atoms with E-state index in [0.29, 0.717) is 5.95 Å². The van der Waals surface area contributed by atoms with E-state index in [9.17, 15) is 0 Å². The SMILES string of the molecule is COc1nc(OC)nc(N2CCN(C)CC2)n1. The summed E-state index contributed by atoms with van der Waals surface area (Å²) in [7, 11) is 5.16. The number of nitrogens with zero attached hydrogens (tertiary/aromatic N) is 5. The molecule has 0 spiro atoms. The first-order chi connectivity index (χ1) is 8.22. The molecule has 2 heterocycles. The highest BCUT2D eigenvalue weighted by Gasteiger charge is 2.18. The number of piperazine rings is 1. The molecule has 7 heteroatoms. The summed E-state index contributed by atoms with van der Waals surface area (Å²) in [5.74, 6) is 0.613. The van der Waals surface area contributed by atoms with Crippen LogP contribution in [0.2, 0.25) is 0 Å². The van der Waals surface area contributed by atoms with Gasteiger partial charge >= 0.3 is 12.0 Å². The number of hydrogen-bond donors (Lipinski definition) is 0. The highest BCUT2D eigenvalue weighted by Crippen LogP contribution is 2.16. The van der Waals surface area contributed by atoms with Crippen molar-refractivity contribution in [3.8, 4) is 12.0 Å². The maximum Gasteiger partial charge on any atom is 0.324 e. The molecule has 0 radical (unpaired) electrons. The molecule has 0 aliphatic carbocycles. The summed E-state index contributed by atoms with van der Waals surface area (Å²) in [5.41, 5.74) is 0. The van der Waals surface area contributed by atoms with Gasteiger partial charge in [0, 0.05) is 26.2 Å². The summed E-state index contributed by atoms with van der Waals surface area (Å²) in [5, 5.41) is 0.